The molecule has 3 aromatic rings. The molecule has 1 amide bonds. The van der Waals surface area contributed by atoms with E-state index >= 15 is 0 Å². The Morgan fingerprint density at radius 1 is 0.926 bits per heavy atom. The third-order valence-electron chi connectivity index (χ3n) is 5.48. The Balaban J connectivity index is 1.71. The summed E-state index contributed by atoms with van der Waals surface area (Å²) in [4.78, 5) is 13.1. The molecule has 136 valence electrons. The molecule has 0 radical (unpaired) electrons. The summed E-state index contributed by atoms with van der Waals surface area (Å²) in [6.45, 7) is 4.18. The summed E-state index contributed by atoms with van der Waals surface area (Å²) in [5.74, 6) is -0.0940. The van der Waals surface area contributed by atoms with Crippen LogP contribution in [0.2, 0.25) is 5.02 Å². The zero-order chi connectivity index (χ0) is 19.0. The average molecular weight is 376 g/mol. The normalized spacial score (nSPS) is 17.4. The molecule has 1 fully saturated rings. The number of rotatable bonds is 4. The average Bonchev–Trinajstić information content (AvgIpc) is 3.41. The molecule has 0 aliphatic heterocycles. The first kappa shape index (κ1) is 17.8. The van der Waals surface area contributed by atoms with Crippen LogP contribution in [-0.4, -0.2) is 5.91 Å². The maximum absolute atomic E-state index is 13.1. The minimum absolute atomic E-state index is 0.0195. The molecule has 1 aliphatic rings. The van der Waals surface area contributed by atoms with Crippen LogP contribution in [-0.2, 0) is 10.2 Å². The van der Waals surface area contributed by atoms with Crippen molar-refractivity contribution >= 4 is 23.2 Å². The Labute approximate surface area is 165 Å². The van der Waals surface area contributed by atoms with E-state index in [-0.39, 0.29) is 17.2 Å². The highest BCUT2D eigenvalue weighted by Crippen LogP contribution is 2.59. The Bertz CT molecular complexity index is 965. The number of para-hydroxylation sites is 1. The molecular formula is C24H22ClNO. The van der Waals surface area contributed by atoms with Crippen molar-refractivity contribution < 1.29 is 4.79 Å². The minimum Gasteiger partial charge on any atom is -0.324 e. The van der Waals surface area contributed by atoms with Gasteiger partial charge in [0.2, 0.25) is 5.91 Å². The third-order valence-corrected chi connectivity index (χ3v) is 5.81. The van der Waals surface area contributed by atoms with Gasteiger partial charge in [-0.05, 0) is 43.5 Å². The number of amides is 1. The van der Waals surface area contributed by atoms with Crippen LogP contribution < -0.4 is 5.32 Å². The van der Waals surface area contributed by atoms with E-state index < -0.39 is 0 Å². The van der Waals surface area contributed by atoms with Crippen LogP contribution in [0.3, 0.4) is 0 Å². The summed E-state index contributed by atoms with van der Waals surface area (Å²) in [5, 5.41) is 3.58. The van der Waals surface area contributed by atoms with Gasteiger partial charge in [-0.25, -0.2) is 0 Å². The molecule has 0 unspecified atom stereocenters. The van der Waals surface area contributed by atoms with Crippen LogP contribution in [0.25, 0.3) is 0 Å². The second kappa shape index (κ2) is 6.86. The lowest BCUT2D eigenvalue weighted by atomic mass is 9.84. The maximum atomic E-state index is 13.1. The lowest BCUT2D eigenvalue weighted by Gasteiger charge is -2.20. The van der Waals surface area contributed by atoms with Crippen molar-refractivity contribution in [2.45, 2.75) is 25.7 Å². The lowest BCUT2D eigenvalue weighted by molar-refractivity contribution is -0.117. The summed E-state index contributed by atoms with van der Waals surface area (Å²) >= 11 is 6.23. The first-order valence-corrected chi connectivity index (χ1v) is 9.58. The fourth-order valence-electron chi connectivity index (χ4n) is 4.01. The number of halogens is 1. The summed E-state index contributed by atoms with van der Waals surface area (Å²) in [6.07, 6.45) is 0.802. The molecule has 1 N–H and O–H groups in total. The number of carbonyl (C=O) groups excluding carboxylic acids is 1. The van der Waals surface area contributed by atoms with Gasteiger partial charge in [0, 0.05) is 5.41 Å². The van der Waals surface area contributed by atoms with E-state index in [1.165, 1.54) is 22.3 Å². The Hall–Kier alpha value is -2.58. The lowest BCUT2D eigenvalue weighted by Crippen LogP contribution is -2.22. The molecule has 3 heteroatoms. The van der Waals surface area contributed by atoms with Crippen LogP contribution in [0, 0.1) is 19.8 Å². The zero-order valence-electron chi connectivity index (χ0n) is 15.5. The van der Waals surface area contributed by atoms with E-state index in [0.717, 1.165) is 6.42 Å². The predicted octanol–water partition coefficient (Wildman–Crippen LogP) is 5.90. The predicted molar refractivity (Wildman–Crippen MR) is 111 cm³/mol. The molecule has 1 aliphatic carbocycles. The third kappa shape index (κ3) is 3.26. The van der Waals surface area contributed by atoms with Gasteiger partial charge in [-0.2, -0.15) is 0 Å². The van der Waals surface area contributed by atoms with Crippen LogP contribution >= 0.6 is 11.6 Å². The maximum Gasteiger partial charge on any atom is 0.228 e. The van der Waals surface area contributed by atoms with Gasteiger partial charge in [-0.15, -0.1) is 0 Å². The van der Waals surface area contributed by atoms with Gasteiger partial charge in [-0.1, -0.05) is 83.4 Å². The molecule has 0 heterocycles. The topological polar surface area (TPSA) is 29.1 Å². The summed E-state index contributed by atoms with van der Waals surface area (Å²) in [6, 6.07) is 24.4. The molecule has 4 rings (SSSR count). The molecule has 27 heavy (non-hydrogen) atoms. The highest BCUT2D eigenvalue weighted by Gasteiger charge is 2.60. The molecule has 0 spiro atoms. The standard InChI is InChI=1S/C24H22ClNO/c1-16-7-5-9-18(13-16)24(19-10-6-8-17(2)14-19)15-20(24)23(27)26-22-12-4-3-11-21(22)25/h3-14,20H,15H2,1-2H3,(H,26,27)/t20-/m0/s1. The molecular weight excluding hydrogens is 354 g/mol. The number of aryl methyl sites for hydroxylation is 2. The highest BCUT2D eigenvalue weighted by atomic mass is 35.5. The number of hydrogen-bond acceptors (Lipinski definition) is 1. The minimum atomic E-state index is -0.274. The van der Waals surface area contributed by atoms with E-state index in [4.69, 9.17) is 11.6 Å². The van der Waals surface area contributed by atoms with Crippen molar-refractivity contribution in [3.8, 4) is 0 Å². The zero-order valence-corrected chi connectivity index (χ0v) is 16.3. The van der Waals surface area contributed by atoms with E-state index in [9.17, 15) is 4.79 Å². The van der Waals surface area contributed by atoms with Crippen LogP contribution in [0.1, 0.15) is 28.7 Å². The van der Waals surface area contributed by atoms with E-state index in [0.29, 0.717) is 10.7 Å². The first-order chi connectivity index (χ1) is 13.0. The molecule has 2 nitrogen and oxygen atoms in total. The van der Waals surface area contributed by atoms with Gasteiger partial charge >= 0.3 is 0 Å². The second-order valence-electron chi connectivity index (χ2n) is 7.44. The van der Waals surface area contributed by atoms with Crippen molar-refractivity contribution in [2.75, 3.05) is 5.32 Å². The summed E-state index contributed by atoms with van der Waals surface area (Å²) in [7, 11) is 0. The largest absolute Gasteiger partial charge is 0.324 e. The fourth-order valence-corrected chi connectivity index (χ4v) is 4.19. The van der Waals surface area contributed by atoms with Crippen molar-refractivity contribution in [1.29, 1.82) is 0 Å². The first-order valence-electron chi connectivity index (χ1n) is 9.20. The van der Waals surface area contributed by atoms with Gasteiger partial charge < -0.3 is 5.32 Å². The molecule has 0 aromatic heterocycles. The van der Waals surface area contributed by atoms with Crippen LogP contribution in [0.15, 0.2) is 72.8 Å². The molecule has 1 saturated carbocycles. The Morgan fingerprint density at radius 2 is 1.52 bits per heavy atom. The SMILES string of the molecule is Cc1cccc(C2(c3cccc(C)c3)C[C@H]2C(=O)Nc2ccccc2Cl)c1. The number of anilines is 1. The van der Waals surface area contributed by atoms with Crippen molar-refractivity contribution in [1.82, 2.24) is 0 Å². The quantitative estimate of drug-likeness (QED) is 0.604. The highest BCUT2D eigenvalue weighted by molar-refractivity contribution is 6.33. The van der Waals surface area contributed by atoms with E-state index in [2.05, 4.69) is 67.7 Å². The van der Waals surface area contributed by atoms with Crippen LogP contribution in [0.5, 0.6) is 0 Å². The molecule has 1 atom stereocenters. The monoisotopic (exact) mass is 375 g/mol. The van der Waals surface area contributed by atoms with E-state index in [1.54, 1.807) is 6.07 Å². The van der Waals surface area contributed by atoms with Gasteiger partial charge in [0.1, 0.15) is 0 Å². The number of carbonyl (C=O) groups is 1. The second-order valence-corrected chi connectivity index (χ2v) is 7.84. The molecule has 0 saturated heterocycles. The van der Waals surface area contributed by atoms with Crippen molar-refractivity contribution in [3.05, 3.63) is 100 Å². The number of benzene rings is 3. The van der Waals surface area contributed by atoms with Crippen molar-refractivity contribution in [3.63, 3.8) is 0 Å². The number of nitrogens with one attached hydrogen (secondary N) is 1. The van der Waals surface area contributed by atoms with Gasteiger partial charge in [0.25, 0.3) is 0 Å². The van der Waals surface area contributed by atoms with Crippen molar-refractivity contribution in [2.24, 2.45) is 5.92 Å². The van der Waals surface area contributed by atoms with E-state index in [1.807, 2.05) is 18.2 Å². The van der Waals surface area contributed by atoms with Gasteiger partial charge in [0.05, 0.1) is 16.6 Å². The smallest absolute Gasteiger partial charge is 0.228 e. The summed E-state index contributed by atoms with van der Waals surface area (Å²) in [5.41, 5.74) is 5.20. The molecule has 0 bridgehead atoms. The van der Waals surface area contributed by atoms with Gasteiger partial charge in [-0.3, -0.25) is 4.79 Å². The van der Waals surface area contributed by atoms with Gasteiger partial charge in [0.15, 0.2) is 0 Å². The molecule has 3 aromatic carbocycles. The number of hydrogen-bond donors (Lipinski definition) is 1. The Morgan fingerprint density at radius 3 is 2.07 bits per heavy atom. The fraction of sp³-hybridized carbons (Fsp3) is 0.208. The summed E-state index contributed by atoms with van der Waals surface area (Å²) < 4.78 is 0. The Kier molecular flexibility index (Phi) is 4.53. The van der Waals surface area contributed by atoms with Crippen LogP contribution in [0.4, 0.5) is 5.69 Å².